The van der Waals surface area contributed by atoms with E-state index in [1.54, 1.807) is 0 Å². The van der Waals surface area contributed by atoms with Crippen LogP contribution in [-0.4, -0.2) is 39.5 Å². The van der Waals surface area contributed by atoms with E-state index in [1.165, 1.54) is 18.2 Å². The third-order valence-electron chi connectivity index (χ3n) is 3.39. The fourth-order valence-electron chi connectivity index (χ4n) is 1.71. The van der Waals surface area contributed by atoms with Gasteiger partial charge >= 0.3 is 0 Å². The van der Waals surface area contributed by atoms with Crippen LogP contribution < -0.4 is 10.5 Å². The summed E-state index contributed by atoms with van der Waals surface area (Å²) >= 11 is 5.85. The molecule has 0 saturated heterocycles. The highest BCUT2D eigenvalue weighted by molar-refractivity contribution is 7.89. The Balaban J connectivity index is 2.45. The molecule has 1 aromatic carbocycles. The van der Waals surface area contributed by atoms with Crippen molar-refractivity contribution >= 4 is 27.3 Å². The number of nitrogens with zero attached hydrogens (tertiary/aromatic N) is 1. The standard InChI is InChI=1S/C14H24ClN3O2S/c1-11(2)18(3)9-5-4-8-17-21(19,20)12-6-7-14(16)13(15)10-12/h6-7,10-11,17H,4-5,8-9,16H2,1-3H3. The van der Waals surface area contributed by atoms with Crippen LogP contribution in [0.4, 0.5) is 5.69 Å². The molecule has 0 unspecified atom stereocenters. The molecule has 0 fully saturated rings. The van der Waals surface area contributed by atoms with E-state index >= 15 is 0 Å². The average Bonchev–Trinajstić information content (AvgIpc) is 2.40. The number of hydrogen-bond acceptors (Lipinski definition) is 4. The number of benzene rings is 1. The molecule has 0 amide bonds. The van der Waals surface area contributed by atoms with Crippen molar-refractivity contribution in [2.45, 2.75) is 37.6 Å². The van der Waals surface area contributed by atoms with Crippen LogP contribution in [0.5, 0.6) is 0 Å². The molecule has 0 saturated carbocycles. The Hall–Kier alpha value is -0.820. The van der Waals surface area contributed by atoms with E-state index in [9.17, 15) is 8.42 Å². The second-order valence-electron chi connectivity index (χ2n) is 5.36. The first-order chi connectivity index (χ1) is 9.74. The second-order valence-corrected chi connectivity index (χ2v) is 7.54. The Bertz CT molecular complexity index is 561. The predicted octanol–water partition coefficient (Wildman–Crippen LogP) is 2.32. The molecule has 3 N–H and O–H groups in total. The molecular weight excluding hydrogens is 310 g/mol. The van der Waals surface area contributed by atoms with Crippen molar-refractivity contribution in [2.24, 2.45) is 0 Å². The van der Waals surface area contributed by atoms with Gasteiger partial charge in [-0.25, -0.2) is 13.1 Å². The lowest BCUT2D eigenvalue weighted by Gasteiger charge is -2.20. The maximum atomic E-state index is 12.1. The Labute approximate surface area is 132 Å². The first-order valence-corrected chi connectivity index (χ1v) is 8.85. The van der Waals surface area contributed by atoms with Crippen LogP contribution >= 0.6 is 11.6 Å². The molecule has 7 heteroatoms. The van der Waals surface area contributed by atoms with Crippen LogP contribution in [0, 0.1) is 0 Å². The molecule has 0 aliphatic rings. The Morgan fingerprint density at radius 1 is 1.33 bits per heavy atom. The third-order valence-corrected chi connectivity index (χ3v) is 5.18. The minimum absolute atomic E-state index is 0.140. The van der Waals surface area contributed by atoms with Gasteiger partial charge in [0.2, 0.25) is 10.0 Å². The van der Waals surface area contributed by atoms with Crippen LogP contribution in [0.1, 0.15) is 26.7 Å². The SMILES string of the molecule is CC(C)N(C)CCCCNS(=O)(=O)c1ccc(N)c(Cl)c1. The number of unbranched alkanes of at least 4 members (excludes halogenated alkanes) is 1. The van der Waals surface area contributed by atoms with E-state index in [2.05, 4.69) is 30.5 Å². The molecule has 0 radical (unpaired) electrons. The van der Waals surface area contributed by atoms with Crippen LogP contribution in [-0.2, 0) is 10.0 Å². The molecule has 0 spiro atoms. The zero-order valence-corrected chi connectivity index (χ0v) is 14.3. The Kier molecular flexibility index (Phi) is 6.93. The summed E-state index contributed by atoms with van der Waals surface area (Å²) in [6.45, 7) is 5.63. The zero-order chi connectivity index (χ0) is 16.0. The monoisotopic (exact) mass is 333 g/mol. The quantitative estimate of drug-likeness (QED) is 0.565. The number of halogens is 1. The van der Waals surface area contributed by atoms with E-state index in [0.717, 1.165) is 19.4 Å². The fraction of sp³-hybridized carbons (Fsp3) is 0.571. The molecule has 5 nitrogen and oxygen atoms in total. The van der Waals surface area contributed by atoms with Gasteiger partial charge in [0.15, 0.2) is 0 Å². The molecule has 0 bridgehead atoms. The Morgan fingerprint density at radius 2 is 2.00 bits per heavy atom. The van der Waals surface area contributed by atoms with Crippen LogP contribution in [0.2, 0.25) is 5.02 Å². The topological polar surface area (TPSA) is 75.4 Å². The summed E-state index contributed by atoms with van der Waals surface area (Å²) in [6.07, 6.45) is 1.73. The lowest BCUT2D eigenvalue weighted by Crippen LogP contribution is -2.29. The smallest absolute Gasteiger partial charge is 0.240 e. The van der Waals surface area contributed by atoms with Gasteiger partial charge in [0, 0.05) is 12.6 Å². The van der Waals surface area contributed by atoms with E-state index in [1.807, 2.05) is 0 Å². The zero-order valence-electron chi connectivity index (χ0n) is 12.8. The third kappa shape index (κ3) is 5.82. The minimum Gasteiger partial charge on any atom is -0.398 e. The van der Waals surface area contributed by atoms with Crippen molar-refractivity contribution in [1.29, 1.82) is 0 Å². The van der Waals surface area contributed by atoms with Crippen molar-refractivity contribution < 1.29 is 8.42 Å². The first kappa shape index (κ1) is 18.2. The molecule has 0 aromatic heterocycles. The van der Waals surface area contributed by atoms with Crippen molar-refractivity contribution in [1.82, 2.24) is 9.62 Å². The van der Waals surface area contributed by atoms with Gasteiger partial charge in [-0.15, -0.1) is 0 Å². The average molecular weight is 334 g/mol. The molecule has 1 rings (SSSR count). The van der Waals surface area contributed by atoms with Crippen LogP contribution in [0.15, 0.2) is 23.1 Å². The first-order valence-electron chi connectivity index (χ1n) is 6.99. The van der Waals surface area contributed by atoms with Crippen molar-refractivity contribution in [3.8, 4) is 0 Å². The highest BCUT2D eigenvalue weighted by Crippen LogP contribution is 2.22. The van der Waals surface area contributed by atoms with Crippen molar-refractivity contribution in [2.75, 3.05) is 25.9 Å². The summed E-state index contributed by atoms with van der Waals surface area (Å²) in [5, 5.41) is 0.247. The van der Waals surface area contributed by atoms with Gasteiger partial charge in [-0.3, -0.25) is 0 Å². The molecular formula is C14H24ClN3O2S. The number of nitrogens with one attached hydrogen (secondary N) is 1. The largest absolute Gasteiger partial charge is 0.398 e. The molecule has 0 aliphatic carbocycles. The maximum Gasteiger partial charge on any atom is 0.240 e. The Morgan fingerprint density at radius 3 is 2.57 bits per heavy atom. The molecule has 1 aromatic rings. The number of nitrogen functional groups attached to an aromatic ring is 1. The van der Waals surface area contributed by atoms with Crippen LogP contribution in [0.3, 0.4) is 0 Å². The summed E-state index contributed by atoms with van der Waals surface area (Å²) in [5.74, 6) is 0. The van der Waals surface area contributed by atoms with Gasteiger partial charge in [-0.2, -0.15) is 0 Å². The molecule has 0 aliphatic heterocycles. The summed E-state index contributed by atoms with van der Waals surface area (Å²) < 4.78 is 26.7. The normalized spacial score (nSPS) is 12.3. The number of anilines is 1. The fourth-order valence-corrected chi connectivity index (χ4v) is 3.05. The van der Waals surface area contributed by atoms with Gasteiger partial charge in [-0.05, 0) is 58.5 Å². The minimum atomic E-state index is -3.52. The summed E-state index contributed by atoms with van der Waals surface area (Å²) in [6, 6.07) is 4.81. The van der Waals surface area contributed by atoms with Gasteiger partial charge in [-0.1, -0.05) is 11.6 Å². The number of sulfonamides is 1. The number of nitrogens with two attached hydrogens (primary N) is 1. The molecule has 120 valence electrons. The van der Waals surface area contributed by atoms with Gasteiger partial charge in [0.1, 0.15) is 0 Å². The molecule has 0 atom stereocenters. The predicted molar refractivity (Wildman–Crippen MR) is 88.1 cm³/mol. The van der Waals surface area contributed by atoms with Crippen molar-refractivity contribution in [3.63, 3.8) is 0 Å². The second kappa shape index (κ2) is 7.98. The van der Waals surface area contributed by atoms with Gasteiger partial charge in [0.05, 0.1) is 15.6 Å². The molecule has 0 heterocycles. The van der Waals surface area contributed by atoms with Gasteiger partial charge in [0.25, 0.3) is 0 Å². The van der Waals surface area contributed by atoms with Crippen molar-refractivity contribution in [3.05, 3.63) is 23.2 Å². The summed E-state index contributed by atoms with van der Waals surface area (Å²) in [4.78, 5) is 2.37. The number of rotatable bonds is 8. The van der Waals surface area contributed by atoms with E-state index in [-0.39, 0.29) is 9.92 Å². The summed E-state index contributed by atoms with van der Waals surface area (Å²) in [7, 11) is -1.46. The highest BCUT2D eigenvalue weighted by atomic mass is 35.5. The lowest BCUT2D eigenvalue weighted by atomic mass is 10.2. The van der Waals surface area contributed by atoms with E-state index in [4.69, 9.17) is 17.3 Å². The number of hydrogen-bond donors (Lipinski definition) is 2. The summed E-state index contributed by atoms with van der Waals surface area (Å²) in [5.41, 5.74) is 5.94. The van der Waals surface area contributed by atoms with Gasteiger partial charge < -0.3 is 10.6 Å². The van der Waals surface area contributed by atoms with E-state index in [0.29, 0.717) is 18.3 Å². The molecule has 21 heavy (non-hydrogen) atoms. The van der Waals surface area contributed by atoms with Crippen LogP contribution in [0.25, 0.3) is 0 Å². The highest BCUT2D eigenvalue weighted by Gasteiger charge is 2.14. The lowest BCUT2D eigenvalue weighted by molar-refractivity contribution is 0.268. The van der Waals surface area contributed by atoms with E-state index < -0.39 is 10.0 Å². The maximum absolute atomic E-state index is 12.1.